The summed E-state index contributed by atoms with van der Waals surface area (Å²) < 4.78 is 0. The fourth-order valence-electron chi connectivity index (χ4n) is 5.13. The SMILES string of the molecule is Cc1cc(Nc2nccs2)cc(C2CCN(C(=O)c3n[nH]c4c3CC(C(C)(C)C)CC4)C2)n1. The van der Waals surface area contributed by atoms with Gasteiger partial charge in [0.05, 0.1) is 0 Å². The number of carbonyl (C=O) groups is 1. The molecule has 33 heavy (non-hydrogen) atoms. The number of likely N-dealkylation sites (tertiary alicyclic amines) is 1. The third-order valence-corrected chi connectivity index (χ3v) is 7.81. The summed E-state index contributed by atoms with van der Waals surface area (Å²) in [6.45, 7) is 10.3. The first kappa shape index (κ1) is 22.1. The van der Waals surface area contributed by atoms with Gasteiger partial charge in [0.1, 0.15) is 0 Å². The number of aromatic amines is 1. The third kappa shape index (κ3) is 4.53. The summed E-state index contributed by atoms with van der Waals surface area (Å²) in [4.78, 5) is 24.5. The molecule has 7 nitrogen and oxygen atoms in total. The van der Waals surface area contributed by atoms with Gasteiger partial charge in [0.25, 0.3) is 5.91 Å². The second kappa shape index (κ2) is 8.56. The minimum atomic E-state index is 0.0540. The predicted molar refractivity (Wildman–Crippen MR) is 131 cm³/mol. The van der Waals surface area contributed by atoms with Crippen LogP contribution in [0.1, 0.15) is 72.7 Å². The van der Waals surface area contributed by atoms with Crippen molar-refractivity contribution in [2.75, 3.05) is 18.4 Å². The molecule has 2 N–H and O–H groups in total. The molecule has 8 heteroatoms. The number of amides is 1. The fourth-order valence-corrected chi connectivity index (χ4v) is 5.68. The first-order valence-corrected chi connectivity index (χ1v) is 12.7. The summed E-state index contributed by atoms with van der Waals surface area (Å²) in [5, 5.41) is 13.8. The van der Waals surface area contributed by atoms with Gasteiger partial charge in [0.2, 0.25) is 0 Å². The number of fused-ring (bicyclic) bond motifs is 1. The molecule has 4 heterocycles. The molecule has 1 fully saturated rings. The largest absolute Gasteiger partial charge is 0.337 e. The Morgan fingerprint density at radius 1 is 1.27 bits per heavy atom. The smallest absolute Gasteiger partial charge is 0.274 e. The van der Waals surface area contributed by atoms with Crippen LogP contribution in [0.2, 0.25) is 0 Å². The van der Waals surface area contributed by atoms with Crippen molar-refractivity contribution in [3.05, 3.63) is 52.0 Å². The molecule has 5 rings (SSSR count). The molecule has 1 aliphatic carbocycles. The molecule has 1 saturated heterocycles. The summed E-state index contributed by atoms with van der Waals surface area (Å²) in [5.74, 6) is 0.849. The topological polar surface area (TPSA) is 86.8 Å². The maximum atomic E-state index is 13.5. The van der Waals surface area contributed by atoms with Crippen LogP contribution in [0.4, 0.5) is 10.8 Å². The maximum absolute atomic E-state index is 13.5. The highest BCUT2D eigenvalue weighted by Gasteiger charge is 2.36. The highest BCUT2D eigenvalue weighted by Crippen LogP contribution is 2.38. The second-order valence-electron chi connectivity index (χ2n) is 10.5. The molecule has 2 aliphatic rings. The molecule has 0 spiro atoms. The number of thiazole rings is 1. The van der Waals surface area contributed by atoms with Crippen molar-refractivity contribution >= 4 is 28.1 Å². The molecule has 2 unspecified atom stereocenters. The number of rotatable bonds is 4. The zero-order valence-electron chi connectivity index (χ0n) is 19.8. The van der Waals surface area contributed by atoms with Crippen LogP contribution in [0, 0.1) is 18.3 Å². The number of hydrogen-bond donors (Lipinski definition) is 2. The molecule has 3 aromatic heterocycles. The van der Waals surface area contributed by atoms with Crippen molar-refractivity contribution in [1.82, 2.24) is 25.1 Å². The van der Waals surface area contributed by atoms with E-state index in [-0.39, 0.29) is 17.2 Å². The lowest BCUT2D eigenvalue weighted by atomic mass is 9.71. The zero-order valence-corrected chi connectivity index (χ0v) is 20.6. The maximum Gasteiger partial charge on any atom is 0.274 e. The Labute approximate surface area is 199 Å². The molecule has 2 atom stereocenters. The van der Waals surface area contributed by atoms with Crippen molar-refractivity contribution in [1.29, 1.82) is 0 Å². The Bertz CT molecular complexity index is 1150. The number of anilines is 2. The van der Waals surface area contributed by atoms with Crippen LogP contribution in [0.5, 0.6) is 0 Å². The third-order valence-electron chi connectivity index (χ3n) is 7.12. The summed E-state index contributed by atoms with van der Waals surface area (Å²) >= 11 is 1.57. The Kier molecular flexibility index (Phi) is 5.72. The van der Waals surface area contributed by atoms with Gasteiger partial charge in [0, 0.05) is 58.9 Å². The van der Waals surface area contributed by atoms with Gasteiger partial charge in [-0.2, -0.15) is 5.10 Å². The molecule has 3 aromatic rings. The van der Waals surface area contributed by atoms with E-state index in [2.05, 4.69) is 47.3 Å². The van der Waals surface area contributed by atoms with Gasteiger partial charge < -0.3 is 10.2 Å². The lowest BCUT2D eigenvalue weighted by molar-refractivity contribution is 0.0782. The number of pyridine rings is 1. The van der Waals surface area contributed by atoms with Crippen LogP contribution < -0.4 is 5.32 Å². The van der Waals surface area contributed by atoms with Gasteiger partial charge >= 0.3 is 0 Å². The Hall–Kier alpha value is -2.74. The van der Waals surface area contributed by atoms with Crippen LogP contribution in [-0.4, -0.2) is 44.1 Å². The van der Waals surface area contributed by atoms with Gasteiger partial charge in [0.15, 0.2) is 10.8 Å². The highest BCUT2D eigenvalue weighted by molar-refractivity contribution is 7.13. The average Bonchev–Trinajstić information content (AvgIpc) is 3.52. The average molecular weight is 465 g/mol. The lowest BCUT2D eigenvalue weighted by Gasteiger charge is -2.34. The number of aryl methyl sites for hydroxylation is 2. The van der Waals surface area contributed by atoms with E-state index in [0.717, 1.165) is 65.7 Å². The zero-order chi connectivity index (χ0) is 23.2. The van der Waals surface area contributed by atoms with E-state index >= 15 is 0 Å². The molecular weight excluding hydrogens is 432 g/mol. The van der Waals surface area contributed by atoms with Crippen molar-refractivity contribution < 1.29 is 4.79 Å². The fraction of sp³-hybridized carbons (Fsp3) is 0.520. The first-order valence-electron chi connectivity index (χ1n) is 11.8. The minimum Gasteiger partial charge on any atom is -0.337 e. The number of nitrogens with one attached hydrogen (secondary N) is 2. The molecule has 174 valence electrons. The normalized spacial score (nSPS) is 20.7. The standard InChI is InChI=1S/C25H32N6OS/c1-15-11-18(28-24-26-8-10-33-24)13-21(27-15)16-7-9-31(14-16)23(32)22-19-12-17(25(2,3)4)5-6-20(19)29-30-22/h8,10-11,13,16-17H,5-7,9,12,14H2,1-4H3,(H,29,30)(H,26,27,28). The minimum absolute atomic E-state index is 0.0540. The molecular formula is C25H32N6OS. The van der Waals surface area contributed by atoms with Gasteiger partial charge in [-0.1, -0.05) is 20.8 Å². The number of H-pyrrole nitrogens is 1. The second-order valence-corrected chi connectivity index (χ2v) is 11.4. The molecule has 0 aromatic carbocycles. The van der Waals surface area contributed by atoms with Crippen LogP contribution in [-0.2, 0) is 12.8 Å². The summed E-state index contributed by atoms with van der Waals surface area (Å²) in [5.41, 5.74) is 6.13. The first-order chi connectivity index (χ1) is 15.8. The van der Waals surface area contributed by atoms with Gasteiger partial charge in [-0.05, 0) is 56.1 Å². The van der Waals surface area contributed by atoms with E-state index in [0.29, 0.717) is 18.2 Å². The molecule has 1 aliphatic heterocycles. The van der Waals surface area contributed by atoms with Crippen LogP contribution >= 0.6 is 11.3 Å². The van der Waals surface area contributed by atoms with Gasteiger partial charge in [-0.25, -0.2) is 4.98 Å². The highest BCUT2D eigenvalue weighted by atomic mass is 32.1. The molecule has 0 bridgehead atoms. The summed E-state index contributed by atoms with van der Waals surface area (Å²) in [6.07, 6.45) is 5.76. The number of hydrogen-bond acceptors (Lipinski definition) is 6. The Morgan fingerprint density at radius 3 is 2.88 bits per heavy atom. The summed E-state index contributed by atoms with van der Waals surface area (Å²) in [7, 11) is 0. The monoisotopic (exact) mass is 464 g/mol. The van der Waals surface area contributed by atoms with Crippen LogP contribution in [0.25, 0.3) is 0 Å². The van der Waals surface area contributed by atoms with E-state index < -0.39 is 0 Å². The number of aromatic nitrogens is 4. The molecule has 0 saturated carbocycles. The molecule has 0 radical (unpaired) electrons. The van der Waals surface area contributed by atoms with Crippen molar-refractivity contribution in [3.8, 4) is 0 Å². The Morgan fingerprint density at radius 2 is 2.12 bits per heavy atom. The van der Waals surface area contributed by atoms with Gasteiger partial charge in [-0.15, -0.1) is 11.3 Å². The van der Waals surface area contributed by atoms with Crippen LogP contribution in [0.15, 0.2) is 23.7 Å². The predicted octanol–water partition coefficient (Wildman–Crippen LogP) is 5.09. The van der Waals surface area contributed by atoms with E-state index in [9.17, 15) is 4.79 Å². The summed E-state index contributed by atoms with van der Waals surface area (Å²) in [6, 6.07) is 4.13. The number of carbonyl (C=O) groups excluding carboxylic acids is 1. The van der Waals surface area contributed by atoms with E-state index in [1.165, 1.54) is 0 Å². The van der Waals surface area contributed by atoms with Crippen molar-refractivity contribution in [3.63, 3.8) is 0 Å². The molecule has 1 amide bonds. The van der Waals surface area contributed by atoms with E-state index in [1.807, 2.05) is 23.3 Å². The van der Waals surface area contributed by atoms with Crippen LogP contribution in [0.3, 0.4) is 0 Å². The van der Waals surface area contributed by atoms with Gasteiger partial charge in [-0.3, -0.25) is 14.9 Å². The van der Waals surface area contributed by atoms with E-state index in [4.69, 9.17) is 4.98 Å². The quantitative estimate of drug-likeness (QED) is 0.561. The Balaban J connectivity index is 1.31. The number of nitrogens with zero attached hydrogens (tertiary/aromatic N) is 4. The van der Waals surface area contributed by atoms with Crippen molar-refractivity contribution in [2.24, 2.45) is 11.3 Å². The van der Waals surface area contributed by atoms with E-state index in [1.54, 1.807) is 17.5 Å². The van der Waals surface area contributed by atoms with Crippen molar-refractivity contribution in [2.45, 2.75) is 59.3 Å². The lowest BCUT2D eigenvalue weighted by Crippen LogP contribution is -2.31.